The van der Waals surface area contributed by atoms with Crippen LogP contribution in [-0.4, -0.2) is 63.0 Å². The highest BCUT2D eigenvalue weighted by atomic mass is 16.2. The highest BCUT2D eigenvalue weighted by Gasteiger charge is 2.29. The second kappa shape index (κ2) is 8.38. The predicted octanol–water partition coefficient (Wildman–Crippen LogP) is 2.95. The number of likely N-dealkylation sites (tertiary alicyclic amines) is 2. The van der Waals surface area contributed by atoms with Crippen molar-refractivity contribution in [3.63, 3.8) is 0 Å². The summed E-state index contributed by atoms with van der Waals surface area (Å²) < 4.78 is 2.09. The molecular weight excluding hydrogens is 338 g/mol. The van der Waals surface area contributed by atoms with Crippen LogP contribution in [0.4, 0.5) is 0 Å². The first kappa shape index (κ1) is 18.4. The highest BCUT2D eigenvalue weighted by Crippen LogP contribution is 2.28. The van der Waals surface area contributed by atoms with Gasteiger partial charge in [-0.15, -0.1) is 10.2 Å². The van der Waals surface area contributed by atoms with E-state index in [1.807, 2.05) is 24.4 Å². The van der Waals surface area contributed by atoms with Crippen molar-refractivity contribution in [1.82, 2.24) is 24.4 Å². The Kier molecular flexibility index (Phi) is 5.72. The Labute approximate surface area is 161 Å². The molecule has 0 bridgehead atoms. The summed E-state index contributed by atoms with van der Waals surface area (Å²) in [5.41, 5.74) is 0.903. The van der Waals surface area contributed by atoms with Crippen LogP contribution >= 0.6 is 0 Å². The zero-order valence-corrected chi connectivity index (χ0v) is 16.4. The van der Waals surface area contributed by atoms with Crippen molar-refractivity contribution < 1.29 is 4.79 Å². The molecule has 2 aromatic heterocycles. The van der Waals surface area contributed by atoms with Gasteiger partial charge in [0.2, 0.25) is 5.91 Å². The molecule has 2 aliphatic heterocycles. The number of hydrogen-bond donors (Lipinski definition) is 0. The summed E-state index contributed by atoms with van der Waals surface area (Å²) in [5.74, 6) is 2.36. The number of carbonyl (C=O) groups excluding carboxylic acids is 1. The van der Waals surface area contributed by atoms with E-state index < -0.39 is 0 Å². The lowest BCUT2D eigenvalue weighted by Crippen LogP contribution is -2.40. The van der Waals surface area contributed by atoms with E-state index in [2.05, 4.69) is 31.3 Å². The Morgan fingerprint density at radius 1 is 1.07 bits per heavy atom. The molecule has 2 fully saturated rings. The summed E-state index contributed by atoms with van der Waals surface area (Å²) in [7, 11) is 0. The minimum Gasteiger partial charge on any atom is -0.343 e. The molecule has 2 saturated heterocycles. The summed E-state index contributed by atoms with van der Waals surface area (Å²) in [6.45, 7) is 7.45. The van der Waals surface area contributed by atoms with Crippen molar-refractivity contribution >= 4 is 11.6 Å². The Bertz CT molecular complexity index is 757. The molecule has 0 aliphatic carbocycles. The van der Waals surface area contributed by atoms with Gasteiger partial charge in [-0.25, -0.2) is 0 Å². The second-order valence-electron chi connectivity index (χ2n) is 8.13. The predicted molar refractivity (Wildman–Crippen MR) is 106 cm³/mol. The largest absolute Gasteiger partial charge is 0.343 e. The third-order valence-corrected chi connectivity index (χ3v) is 6.26. The monoisotopic (exact) mass is 369 g/mol. The lowest BCUT2D eigenvalue weighted by Gasteiger charge is -2.35. The SMILES string of the molecule is CCCN1CCC(CC(=O)N2CCC(c3nnc4ccccn34)CC2)CC1. The van der Waals surface area contributed by atoms with Crippen LogP contribution in [0.25, 0.3) is 5.65 Å². The number of carbonyl (C=O) groups is 1. The Balaban J connectivity index is 1.27. The van der Waals surface area contributed by atoms with Gasteiger partial charge >= 0.3 is 0 Å². The average Bonchev–Trinajstić information content (AvgIpc) is 3.14. The molecule has 0 spiro atoms. The van der Waals surface area contributed by atoms with Crippen molar-refractivity contribution in [1.29, 1.82) is 0 Å². The molecule has 0 unspecified atom stereocenters. The molecule has 0 saturated carbocycles. The van der Waals surface area contributed by atoms with Crippen molar-refractivity contribution in [3.8, 4) is 0 Å². The molecule has 1 amide bonds. The van der Waals surface area contributed by atoms with E-state index in [9.17, 15) is 4.79 Å². The summed E-state index contributed by atoms with van der Waals surface area (Å²) in [4.78, 5) is 17.4. The van der Waals surface area contributed by atoms with Crippen molar-refractivity contribution in [2.75, 3.05) is 32.7 Å². The number of aromatic nitrogens is 3. The minimum absolute atomic E-state index is 0.355. The number of fused-ring (bicyclic) bond motifs is 1. The summed E-state index contributed by atoms with van der Waals surface area (Å²) in [5, 5.41) is 8.68. The number of nitrogens with zero attached hydrogens (tertiary/aromatic N) is 5. The average molecular weight is 370 g/mol. The van der Waals surface area contributed by atoms with Crippen LogP contribution in [0.1, 0.15) is 57.2 Å². The molecule has 27 heavy (non-hydrogen) atoms. The number of hydrogen-bond acceptors (Lipinski definition) is 4. The van der Waals surface area contributed by atoms with Crippen molar-refractivity contribution in [2.24, 2.45) is 5.92 Å². The maximum Gasteiger partial charge on any atom is 0.222 e. The zero-order chi connectivity index (χ0) is 18.6. The summed E-state index contributed by atoms with van der Waals surface area (Å²) in [6.07, 6.45) is 8.31. The fourth-order valence-corrected chi connectivity index (χ4v) is 4.63. The van der Waals surface area contributed by atoms with Crippen LogP contribution in [-0.2, 0) is 4.79 Å². The molecule has 6 heteroatoms. The molecule has 2 aliphatic rings. The van der Waals surface area contributed by atoms with Crippen LogP contribution in [0, 0.1) is 5.92 Å². The van der Waals surface area contributed by atoms with Gasteiger partial charge in [0.05, 0.1) is 0 Å². The van der Waals surface area contributed by atoms with Crippen LogP contribution in [0.15, 0.2) is 24.4 Å². The third-order valence-electron chi connectivity index (χ3n) is 6.26. The summed E-state index contributed by atoms with van der Waals surface area (Å²) in [6, 6.07) is 5.99. The topological polar surface area (TPSA) is 53.7 Å². The van der Waals surface area contributed by atoms with Crippen molar-refractivity contribution in [3.05, 3.63) is 30.2 Å². The molecule has 4 rings (SSSR count). The van der Waals surface area contributed by atoms with E-state index in [1.54, 1.807) is 0 Å². The van der Waals surface area contributed by atoms with Gasteiger partial charge in [0.1, 0.15) is 5.82 Å². The van der Waals surface area contributed by atoms with Gasteiger partial charge < -0.3 is 9.80 Å². The van der Waals surface area contributed by atoms with E-state index in [4.69, 9.17) is 0 Å². The lowest BCUT2D eigenvalue weighted by molar-refractivity contribution is -0.133. The maximum atomic E-state index is 12.8. The second-order valence-corrected chi connectivity index (χ2v) is 8.13. The van der Waals surface area contributed by atoms with Crippen molar-refractivity contribution in [2.45, 2.75) is 51.4 Å². The normalized spacial score (nSPS) is 20.4. The fraction of sp³-hybridized carbons (Fsp3) is 0.667. The molecule has 146 valence electrons. The van der Waals surface area contributed by atoms with E-state index >= 15 is 0 Å². The number of piperidine rings is 2. The summed E-state index contributed by atoms with van der Waals surface area (Å²) >= 11 is 0. The molecule has 0 N–H and O–H groups in total. The van der Waals surface area contributed by atoms with Crippen LogP contribution < -0.4 is 0 Å². The van der Waals surface area contributed by atoms with Gasteiger partial charge in [-0.2, -0.15) is 0 Å². The number of pyridine rings is 1. The van der Waals surface area contributed by atoms with Gasteiger partial charge in [0.25, 0.3) is 0 Å². The molecule has 4 heterocycles. The molecule has 2 aromatic rings. The van der Waals surface area contributed by atoms with Crippen LogP contribution in [0.5, 0.6) is 0 Å². The van der Waals surface area contributed by atoms with E-state index in [1.165, 1.54) is 25.8 Å². The molecular formula is C21H31N5O. The third kappa shape index (κ3) is 4.15. The number of amides is 1. The van der Waals surface area contributed by atoms with Gasteiger partial charge in [-0.05, 0) is 69.8 Å². The number of rotatable bonds is 5. The molecule has 0 radical (unpaired) electrons. The van der Waals surface area contributed by atoms with E-state index in [-0.39, 0.29) is 0 Å². The smallest absolute Gasteiger partial charge is 0.222 e. The molecule has 0 aromatic carbocycles. The molecule has 6 nitrogen and oxygen atoms in total. The van der Waals surface area contributed by atoms with Gasteiger partial charge in [0, 0.05) is 31.6 Å². The van der Waals surface area contributed by atoms with E-state index in [0.29, 0.717) is 17.7 Å². The zero-order valence-electron chi connectivity index (χ0n) is 16.4. The van der Waals surface area contributed by atoms with Gasteiger partial charge in [0.15, 0.2) is 5.65 Å². The Morgan fingerprint density at radius 3 is 2.59 bits per heavy atom. The van der Waals surface area contributed by atoms with Gasteiger partial charge in [-0.3, -0.25) is 9.20 Å². The van der Waals surface area contributed by atoms with Crippen LogP contribution in [0.3, 0.4) is 0 Å². The lowest BCUT2D eigenvalue weighted by atomic mass is 9.91. The molecule has 0 atom stereocenters. The first-order valence-electron chi connectivity index (χ1n) is 10.5. The van der Waals surface area contributed by atoms with E-state index in [0.717, 1.165) is 56.9 Å². The highest BCUT2D eigenvalue weighted by molar-refractivity contribution is 5.76. The van der Waals surface area contributed by atoms with Gasteiger partial charge in [-0.1, -0.05) is 13.0 Å². The maximum absolute atomic E-state index is 12.8. The Hall–Kier alpha value is -1.95. The fourth-order valence-electron chi connectivity index (χ4n) is 4.63. The minimum atomic E-state index is 0.355. The van der Waals surface area contributed by atoms with Crippen LogP contribution in [0.2, 0.25) is 0 Å². The first-order valence-corrected chi connectivity index (χ1v) is 10.5. The first-order chi connectivity index (χ1) is 13.2. The quantitative estimate of drug-likeness (QED) is 0.813. The Morgan fingerprint density at radius 2 is 1.85 bits per heavy atom. The standard InChI is InChI=1S/C21H31N5O/c1-2-10-24-12-6-17(7-13-24)16-20(27)25-14-8-18(9-15-25)21-23-22-19-5-3-4-11-26(19)21/h3-5,11,17-18H,2,6-10,12-16H2,1H3.